The number of carbonyl (C=O) groups is 2. The molecule has 110 valence electrons. The fourth-order valence-corrected chi connectivity index (χ4v) is 2.54. The highest BCUT2D eigenvalue weighted by atomic mass is 32.1. The van der Waals surface area contributed by atoms with Crippen LogP contribution in [0.3, 0.4) is 0 Å². The zero-order chi connectivity index (χ0) is 15.1. The highest BCUT2D eigenvalue weighted by Crippen LogP contribution is 2.11. The Labute approximate surface area is 127 Å². The Morgan fingerprint density at radius 1 is 1.14 bits per heavy atom. The molecule has 2 aromatic rings. The minimum Gasteiger partial charge on any atom is -0.354 e. The molecule has 0 fully saturated rings. The van der Waals surface area contributed by atoms with Crippen molar-refractivity contribution in [1.29, 1.82) is 0 Å². The first-order valence-corrected chi connectivity index (χ1v) is 7.53. The summed E-state index contributed by atoms with van der Waals surface area (Å²) in [6.45, 7) is 2.61. The summed E-state index contributed by atoms with van der Waals surface area (Å²) < 4.78 is 0. The molecule has 0 atom stereocenters. The molecule has 6 heteroatoms. The highest BCUT2D eigenvalue weighted by molar-refractivity contribution is 7.11. The van der Waals surface area contributed by atoms with E-state index < -0.39 is 0 Å². The van der Waals surface area contributed by atoms with Gasteiger partial charge in [0.2, 0.25) is 5.91 Å². The molecule has 2 rings (SSSR count). The summed E-state index contributed by atoms with van der Waals surface area (Å²) in [6.07, 6.45) is 0.350. The van der Waals surface area contributed by atoms with Gasteiger partial charge in [0.15, 0.2) is 0 Å². The van der Waals surface area contributed by atoms with E-state index in [-0.39, 0.29) is 11.8 Å². The second-order valence-corrected chi connectivity index (χ2v) is 5.39. The summed E-state index contributed by atoms with van der Waals surface area (Å²) in [5, 5.41) is 5.54. The second-order valence-electron chi connectivity index (χ2n) is 4.54. The van der Waals surface area contributed by atoms with Gasteiger partial charge in [-0.3, -0.25) is 9.59 Å². The molecule has 5 nitrogen and oxygen atoms in total. The third kappa shape index (κ3) is 4.68. The maximum Gasteiger partial charge on any atom is 0.263 e. The first kappa shape index (κ1) is 15.2. The zero-order valence-corrected chi connectivity index (χ0v) is 12.6. The highest BCUT2D eigenvalue weighted by Gasteiger charge is 2.10. The van der Waals surface area contributed by atoms with Gasteiger partial charge in [-0.15, -0.1) is 11.3 Å². The van der Waals surface area contributed by atoms with Crippen molar-refractivity contribution in [3.63, 3.8) is 0 Å². The van der Waals surface area contributed by atoms with E-state index in [1.807, 2.05) is 30.3 Å². The normalized spacial score (nSPS) is 10.1. The van der Waals surface area contributed by atoms with E-state index >= 15 is 0 Å². The van der Waals surface area contributed by atoms with Crippen LogP contribution in [0.15, 0.2) is 35.8 Å². The minimum atomic E-state index is -0.146. The first-order chi connectivity index (χ1) is 10.2. The maximum absolute atomic E-state index is 11.8. The summed E-state index contributed by atoms with van der Waals surface area (Å²) in [5.74, 6) is -0.197. The van der Waals surface area contributed by atoms with E-state index in [4.69, 9.17) is 0 Å². The number of rotatable bonds is 6. The molecule has 1 aromatic carbocycles. The van der Waals surface area contributed by atoms with Crippen LogP contribution in [-0.2, 0) is 11.2 Å². The maximum atomic E-state index is 11.8. The van der Waals surface area contributed by atoms with Crippen LogP contribution in [0.2, 0.25) is 0 Å². The Morgan fingerprint density at radius 3 is 2.52 bits per heavy atom. The van der Waals surface area contributed by atoms with Crippen molar-refractivity contribution >= 4 is 23.2 Å². The molecule has 2 amide bonds. The van der Waals surface area contributed by atoms with Crippen LogP contribution >= 0.6 is 11.3 Å². The van der Waals surface area contributed by atoms with Gasteiger partial charge in [0.05, 0.1) is 17.6 Å². The number of hydrogen-bond acceptors (Lipinski definition) is 4. The zero-order valence-electron chi connectivity index (χ0n) is 11.8. The largest absolute Gasteiger partial charge is 0.354 e. The fraction of sp³-hybridized carbons (Fsp3) is 0.267. The molecule has 0 bridgehead atoms. The van der Waals surface area contributed by atoms with Crippen molar-refractivity contribution in [2.75, 3.05) is 13.1 Å². The van der Waals surface area contributed by atoms with Gasteiger partial charge in [0, 0.05) is 13.1 Å². The van der Waals surface area contributed by atoms with Gasteiger partial charge in [-0.25, -0.2) is 4.98 Å². The number of aromatic nitrogens is 1. The molecule has 0 spiro atoms. The molecule has 0 saturated heterocycles. The van der Waals surface area contributed by atoms with Crippen LogP contribution in [0, 0.1) is 6.92 Å². The van der Waals surface area contributed by atoms with E-state index in [9.17, 15) is 9.59 Å². The van der Waals surface area contributed by atoms with Crippen molar-refractivity contribution in [3.8, 4) is 0 Å². The number of amides is 2. The average Bonchev–Trinajstić information content (AvgIpc) is 2.91. The lowest BCUT2D eigenvalue weighted by Gasteiger charge is -2.06. The van der Waals surface area contributed by atoms with Gasteiger partial charge in [-0.05, 0) is 12.5 Å². The summed E-state index contributed by atoms with van der Waals surface area (Å²) >= 11 is 1.31. The van der Waals surface area contributed by atoms with E-state index in [2.05, 4.69) is 15.6 Å². The average molecular weight is 303 g/mol. The Morgan fingerprint density at radius 2 is 1.86 bits per heavy atom. The van der Waals surface area contributed by atoms with E-state index in [0.717, 1.165) is 11.3 Å². The Balaban J connectivity index is 1.67. The first-order valence-electron chi connectivity index (χ1n) is 6.65. The molecule has 0 aliphatic rings. The van der Waals surface area contributed by atoms with Gasteiger partial charge in [0.1, 0.15) is 4.88 Å². The monoisotopic (exact) mass is 303 g/mol. The van der Waals surface area contributed by atoms with Crippen molar-refractivity contribution in [1.82, 2.24) is 15.6 Å². The Hall–Kier alpha value is -2.21. The minimum absolute atomic E-state index is 0.0515. The molecule has 2 N–H and O–H groups in total. The topological polar surface area (TPSA) is 71.1 Å². The van der Waals surface area contributed by atoms with Crippen molar-refractivity contribution < 1.29 is 9.59 Å². The predicted octanol–water partition coefficient (Wildman–Crippen LogP) is 1.54. The quantitative estimate of drug-likeness (QED) is 0.795. The lowest BCUT2D eigenvalue weighted by Crippen LogP contribution is -2.35. The molecular weight excluding hydrogens is 286 g/mol. The van der Waals surface area contributed by atoms with Gasteiger partial charge < -0.3 is 10.6 Å². The lowest BCUT2D eigenvalue weighted by atomic mass is 10.1. The Kier molecular flexibility index (Phi) is 5.45. The second kappa shape index (κ2) is 7.54. The number of aryl methyl sites for hydroxylation is 1. The van der Waals surface area contributed by atoms with Crippen LogP contribution in [-0.4, -0.2) is 29.9 Å². The summed E-state index contributed by atoms with van der Waals surface area (Å²) in [7, 11) is 0. The number of nitrogens with one attached hydrogen (secondary N) is 2. The summed E-state index contributed by atoms with van der Waals surface area (Å²) in [5.41, 5.74) is 3.34. The van der Waals surface area contributed by atoms with Crippen molar-refractivity contribution in [2.45, 2.75) is 13.3 Å². The van der Waals surface area contributed by atoms with E-state index in [0.29, 0.717) is 24.4 Å². The SMILES string of the molecule is Cc1ncsc1C(=O)NCCNC(=O)Cc1ccccc1. The van der Waals surface area contributed by atoms with Gasteiger partial charge in [-0.2, -0.15) is 0 Å². The predicted molar refractivity (Wildman–Crippen MR) is 82.3 cm³/mol. The molecule has 21 heavy (non-hydrogen) atoms. The molecule has 0 aliphatic carbocycles. The smallest absolute Gasteiger partial charge is 0.263 e. The summed E-state index contributed by atoms with van der Waals surface area (Å²) in [4.78, 5) is 28.2. The van der Waals surface area contributed by atoms with Crippen LogP contribution < -0.4 is 10.6 Å². The van der Waals surface area contributed by atoms with Crippen LogP contribution in [0.1, 0.15) is 20.9 Å². The number of benzene rings is 1. The molecular formula is C15H17N3O2S. The van der Waals surface area contributed by atoms with E-state index in [1.165, 1.54) is 11.3 Å². The molecule has 0 saturated carbocycles. The molecule has 0 unspecified atom stereocenters. The van der Waals surface area contributed by atoms with E-state index in [1.54, 1.807) is 12.4 Å². The number of carbonyl (C=O) groups excluding carboxylic acids is 2. The fourth-order valence-electron chi connectivity index (χ4n) is 1.82. The molecule has 1 heterocycles. The van der Waals surface area contributed by atoms with Gasteiger partial charge in [-0.1, -0.05) is 30.3 Å². The molecule has 0 aliphatic heterocycles. The molecule has 0 radical (unpaired) electrons. The number of thiazole rings is 1. The van der Waals surface area contributed by atoms with Crippen molar-refractivity contribution in [3.05, 3.63) is 52.0 Å². The lowest BCUT2D eigenvalue weighted by molar-refractivity contribution is -0.120. The van der Waals surface area contributed by atoms with Gasteiger partial charge >= 0.3 is 0 Å². The van der Waals surface area contributed by atoms with Crippen LogP contribution in [0.5, 0.6) is 0 Å². The van der Waals surface area contributed by atoms with Crippen LogP contribution in [0.4, 0.5) is 0 Å². The number of hydrogen-bond donors (Lipinski definition) is 2. The number of nitrogens with zero attached hydrogens (tertiary/aromatic N) is 1. The standard InChI is InChI=1S/C15H17N3O2S/c1-11-14(21-10-18-11)15(20)17-8-7-16-13(19)9-12-5-3-2-4-6-12/h2-6,10H,7-9H2,1H3,(H,16,19)(H,17,20). The third-order valence-corrected chi connectivity index (χ3v) is 3.82. The third-order valence-electron chi connectivity index (χ3n) is 2.89. The van der Waals surface area contributed by atoms with Crippen LogP contribution in [0.25, 0.3) is 0 Å². The van der Waals surface area contributed by atoms with Gasteiger partial charge in [0.25, 0.3) is 5.91 Å². The summed E-state index contributed by atoms with van der Waals surface area (Å²) in [6, 6.07) is 9.54. The van der Waals surface area contributed by atoms with Crippen molar-refractivity contribution in [2.24, 2.45) is 0 Å². The molecule has 1 aromatic heterocycles. The Bertz CT molecular complexity index is 610.